The van der Waals surface area contributed by atoms with Crippen LogP contribution in [-0.4, -0.2) is 11.6 Å². The van der Waals surface area contributed by atoms with Crippen molar-refractivity contribution in [2.24, 2.45) is 5.10 Å². The monoisotopic (exact) mass is 328 g/mol. The molecule has 0 radical (unpaired) electrons. The van der Waals surface area contributed by atoms with Crippen LogP contribution in [0.25, 0.3) is 6.08 Å². The van der Waals surface area contributed by atoms with Gasteiger partial charge in [0.2, 0.25) is 0 Å². The molecule has 2 heterocycles. The highest BCUT2D eigenvalue weighted by Crippen LogP contribution is 2.27. The first kappa shape index (κ1) is 15.1. The third-order valence-corrected chi connectivity index (χ3v) is 3.97. The lowest BCUT2D eigenvalue weighted by molar-refractivity contribution is -0.114. The van der Waals surface area contributed by atoms with E-state index < -0.39 is 0 Å². The van der Waals surface area contributed by atoms with Crippen molar-refractivity contribution in [3.63, 3.8) is 0 Å². The molecular formula is C21H16N2O2. The van der Waals surface area contributed by atoms with E-state index in [9.17, 15) is 4.79 Å². The van der Waals surface area contributed by atoms with Gasteiger partial charge in [-0.3, -0.25) is 4.79 Å². The summed E-state index contributed by atoms with van der Waals surface area (Å²) in [5, 5.41) is 6.02. The molecule has 0 fully saturated rings. The summed E-state index contributed by atoms with van der Waals surface area (Å²) in [4.78, 5) is 13.0. The summed E-state index contributed by atoms with van der Waals surface area (Å²) in [5.74, 6) is 1.27. The molecule has 0 spiro atoms. The fourth-order valence-corrected chi connectivity index (χ4v) is 2.77. The van der Waals surface area contributed by atoms with Gasteiger partial charge in [0.1, 0.15) is 17.2 Å². The number of amides is 1. The lowest BCUT2D eigenvalue weighted by Crippen LogP contribution is -2.21. The molecule has 1 aliphatic heterocycles. The van der Waals surface area contributed by atoms with Crippen molar-refractivity contribution in [1.29, 1.82) is 0 Å². The molecule has 1 aromatic heterocycles. The molecule has 0 aliphatic carbocycles. The smallest absolute Gasteiger partial charge is 0.281 e. The van der Waals surface area contributed by atoms with E-state index in [2.05, 4.69) is 5.10 Å². The zero-order valence-corrected chi connectivity index (χ0v) is 13.7. The zero-order chi connectivity index (χ0) is 17.2. The lowest BCUT2D eigenvalue weighted by atomic mass is 10.0. The first-order valence-corrected chi connectivity index (χ1v) is 8.04. The molecule has 0 saturated heterocycles. The van der Waals surface area contributed by atoms with Crippen LogP contribution in [0.15, 0.2) is 87.9 Å². The van der Waals surface area contributed by atoms with Crippen molar-refractivity contribution in [2.45, 2.75) is 6.92 Å². The van der Waals surface area contributed by atoms with Gasteiger partial charge in [-0.25, -0.2) is 0 Å². The average molecular weight is 328 g/mol. The summed E-state index contributed by atoms with van der Waals surface area (Å²) in [6, 6.07) is 22.8. The molecule has 4 rings (SSSR count). The molecule has 0 saturated carbocycles. The van der Waals surface area contributed by atoms with E-state index in [-0.39, 0.29) is 5.91 Å². The first-order valence-electron chi connectivity index (χ1n) is 8.04. The van der Waals surface area contributed by atoms with Crippen molar-refractivity contribution in [3.8, 4) is 0 Å². The molecular weight excluding hydrogens is 312 g/mol. The third kappa shape index (κ3) is 2.90. The lowest BCUT2D eigenvalue weighted by Gasteiger charge is -2.10. The number of carbonyl (C=O) groups excluding carboxylic acids is 1. The van der Waals surface area contributed by atoms with Crippen molar-refractivity contribution in [1.82, 2.24) is 0 Å². The van der Waals surface area contributed by atoms with E-state index in [0.29, 0.717) is 17.0 Å². The molecule has 3 aromatic rings. The number of carbonyl (C=O) groups is 1. The van der Waals surface area contributed by atoms with Crippen LogP contribution in [-0.2, 0) is 4.79 Å². The maximum atomic E-state index is 13.0. The Hall–Kier alpha value is -3.40. The van der Waals surface area contributed by atoms with E-state index in [1.165, 1.54) is 5.01 Å². The normalized spacial score (nSPS) is 15.7. The van der Waals surface area contributed by atoms with Crippen LogP contribution in [0.3, 0.4) is 0 Å². The predicted octanol–water partition coefficient (Wildman–Crippen LogP) is 4.42. The number of aryl methyl sites for hydroxylation is 1. The minimum atomic E-state index is -0.167. The second-order valence-corrected chi connectivity index (χ2v) is 5.77. The topological polar surface area (TPSA) is 45.8 Å². The molecule has 25 heavy (non-hydrogen) atoms. The number of anilines is 1. The fraction of sp³-hybridized carbons (Fsp3) is 0.0476. The zero-order valence-electron chi connectivity index (χ0n) is 13.7. The number of benzene rings is 2. The van der Waals surface area contributed by atoms with Crippen molar-refractivity contribution in [2.75, 3.05) is 5.01 Å². The van der Waals surface area contributed by atoms with Gasteiger partial charge in [-0.2, -0.15) is 10.1 Å². The number of para-hydroxylation sites is 1. The van der Waals surface area contributed by atoms with Crippen LogP contribution in [0.5, 0.6) is 0 Å². The Labute approximate surface area is 145 Å². The van der Waals surface area contributed by atoms with Crippen LogP contribution < -0.4 is 5.01 Å². The van der Waals surface area contributed by atoms with Gasteiger partial charge in [-0.1, -0.05) is 48.5 Å². The van der Waals surface area contributed by atoms with Crippen molar-refractivity contribution in [3.05, 3.63) is 95.5 Å². The number of furan rings is 1. The van der Waals surface area contributed by atoms with Gasteiger partial charge >= 0.3 is 0 Å². The standard InChI is InChI=1S/C21H16N2O2/c1-15-12-13-18(25-15)14-19-20(16-8-4-2-5-9-16)22-23(21(19)24)17-10-6-3-7-11-17/h2-14H,1H3/b19-14+. The van der Waals surface area contributed by atoms with E-state index in [0.717, 1.165) is 17.0 Å². The van der Waals surface area contributed by atoms with Gasteiger partial charge in [0.25, 0.3) is 5.91 Å². The van der Waals surface area contributed by atoms with Gasteiger partial charge in [0, 0.05) is 5.56 Å². The maximum Gasteiger partial charge on any atom is 0.281 e. The average Bonchev–Trinajstić information content (AvgIpc) is 3.21. The molecule has 1 amide bonds. The number of rotatable bonds is 3. The molecule has 0 N–H and O–H groups in total. The molecule has 4 heteroatoms. The molecule has 122 valence electrons. The Balaban J connectivity index is 1.83. The van der Waals surface area contributed by atoms with Crippen LogP contribution in [0.1, 0.15) is 17.1 Å². The summed E-state index contributed by atoms with van der Waals surface area (Å²) >= 11 is 0. The molecule has 2 aromatic carbocycles. The second-order valence-electron chi connectivity index (χ2n) is 5.77. The summed E-state index contributed by atoms with van der Waals surface area (Å²) < 4.78 is 5.62. The number of hydrogen-bond acceptors (Lipinski definition) is 3. The number of hydrogen-bond donors (Lipinski definition) is 0. The maximum absolute atomic E-state index is 13.0. The Morgan fingerprint density at radius 1 is 0.920 bits per heavy atom. The number of nitrogens with zero attached hydrogens (tertiary/aromatic N) is 2. The number of hydrazone groups is 1. The highest BCUT2D eigenvalue weighted by atomic mass is 16.3. The molecule has 4 nitrogen and oxygen atoms in total. The van der Waals surface area contributed by atoms with Gasteiger partial charge in [0.15, 0.2) is 0 Å². The Morgan fingerprint density at radius 2 is 1.60 bits per heavy atom. The van der Waals surface area contributed by atoms with Gasteiger partial charge in [-0.05, 0) is 37.3 Å². The summed E-state index contributed by atoms with van der Waals surface area (Å²) in [5.41, 5.74) is 2.79. The first-order chi connectivity index (χ1) is 12.2. The summed E-state index contributed by atoms with van der Waals surface area (Å²) in [6.45, 7) is 1.88. The van der Waals surface area contributed by atoms with Crippen LogP contribution in [0.2, 0.25) is 0 Å². The van der Waals surface area contributed by atoms with Crippen molar-refractivity contribution >= 4 is 23.4 Å². The molecule has 0 atom stereocenters. The second kappa shape index (κ2) is 6.24. The highest BCUT2D eigenvalue weighted by Gasteiger charge is 2.32. The van der Waals surface area contributed by atoms with Gasteiger partial charge < -0.3 is 4.42 Å². The Kier molecular flexibility index (Phi) is 3.78. The predicted molar refractivity (Wildman–Crippen MR) is 98.3 cm³/mol. The summed E-state index contributed by atoms with van der Waals surface area (Å²) in [7, 11) is 0. The molecule has 0 bridgehead atoms. The van der Waals surface area contributed by atoms with E-state index in [1.807, 2.05) is 79.7 Å². The van der Waals surface area contributed by atoms with Gasteiger partial charge in [0.05, 0.1) is 11.3 Å². The SMILES string of the molecule is Cc1ccc(/C=C2/C(=O)N(c3ccccc3)N=C2c2ccccc2)o1. The fourth-order valence-electron chi connectivity index (χ4n) is 2.77. The van der Waals surface area contributed by atoms with Crippen LogP contribution in [0.4, 0.5) is 5.69 Å². The van der Waals surface area contributed by atoms with E-state index in [4.69, 9.17) is 4.42 Å². The van der Waals surface area contributed by atoms with E-state index >= 15 is 0 Å². The Morgan fingerprint density at radius 3 is 2.24 bits per heavy atom. The van der Waals surface area contributed by atoms with Crippen LogP contribution in [0, 0.1) is 6.92 Å². The molecule has 1 aliphatic rings. The minimum Gasteiger partial charge on any atom is -0.462 e. The largest absolute Gasteiger partial charge is 0.462 e. The van der Waals surface area contributed by atoms with Crippen LogP contribution >= 0.6 is 0 Å². The molecule has 0 unspecified atom stereocenters. The van der Waals surface area contributed by atoms with E-state index in [1.54, 1.807) is 6.08 Å². The Bertz CT molecular complexity index is 969. The minimum absolute atomic E-state index is 0.167. The summed E-state index contributed by atoms with van der Waals surface area (Å²) in [6.07, 6.45) is 1.75. The highest BCUT2D eigenvalue weighted by molar-refractivity contribution is 6.37. The van der Waals surface area contributed by atoms with Gasteiger partial charge in [-0.15, -0.1) is 0 Å². The third-order valence-electron chi connectivity index (χ3n) is 3.97. The quantitative estimate of drug-likeness (QED) is 0.668. The van der Waals surface area contributed by atoms with Crippen molar-refractivity contribution < 1.29 is 9.21 Å².